The number of carbonyl (C=O) groups excluding carboxylic acids is 3. The van der Waals surface area contributed by atoms with Crippen LogP contribution in [0.3, 0.4) is 0 Å². The number of halogens is 15. The lowest BCUT2D eigenvalue weighted by molar-refractivity contribution is -0.308. The van der Waals surface area contributed by atoms with Gasteiger partial charge in [0.1, 0.15) is 5.60 Å². The predicted molar refractivity (Wildman–Crippen MR) is 246 cm³/mol. The van der Waals surface area contributed by atoms with Gasteiger partial charge in [0.15, 0.2) is 0 Å². The second-order valence-corrected chi connectivity index (χ2v) is 18.6. The first kappa shape index (κ1) is 63.2. The number of amides is 2. The van der Waals surface area contributed by atoms with E-state index in [-0.39, 0.29) is 39.7 Å². The van der Waals surface area contributed by atoms with E-state index < -0.39 is 54.0 Å². The normalized spacial score (nSPS) is 17.8. The molecule has 6 rings (SSSR count). The summed E-state index contributed by atoms with van der Waals surface area (Å²) in [6.45, 7) is 16.4. The van der Waals surface area contributed by atoms with Crippen molar-refractivity contribution < 1.29 is 90.8 Å². The van der Waals surface area contributed by atoms with Crippen molar-refractivity contribution in [1.82, 2.24) is 19.6 Å². The third-order valence-electron chi connectivity index (χ3n) is 10.9. The lowest BCUT2D eigenvalue weighted by atomic mass is 10.1. The Morgan fingerprint density at radius 3 is 1.16 bits per heavy atom. The summed E-state index contributed by atoms with van der Waals surface area (Å²) in [7, 11) is 0. The molecule has 0 unspecified atom stereocenters. The smallest absolute Gasteiger partial charge is 0.434 e. The van der Waals surface area contributed by atoms with Gasteiger partial charge in [0.05, 0.1) is 26.4 Å². The van der Waals surface area contributed by atoms with Gasteiger partial charge in [-0.15, -0.1) is 0 Å². The Bertz CT molecular complexity index is 2050. The van der Waals surface area contributed by atoms with E-state index in [1.165, 1.54) is 11.3 Å². The number of hydrogen-bond acceptors (Lipinski definition) is 12. The summed E-state index contributed by atoms with van der Waals surface area (Å²) in [6, 6.07) is 11.6. The van der Waals surface area contributed by atoms with E-state index in [9.17, 15) is 67.1 Å². The number of anilines is 2. The molecular weight excluding hydrogens is 1070 g/mol. The van der Waals surface area contributed by atoms with Gasteiger partial charge in [0.25, 0.3) is 12.2 Å². The fraction of sp³-hybridized carbons (Fsp3) is 0.659. The van der Waals surface area contributed by atoms with Gasteiger partial charge >= 0.3 is 42.3 Å². The molecule has 2 amide bonds. The first-order valence-electron chi connectivity index (χ1n) is 22.0. The molecule has 4 aliphatic rings. The van der Waals surface area contributed by atoms with Crippen molar-refractivity contribution in [3.63, 3.8) is 0 Å². The van der Waals surface area contributed by atoms with Crippen molar-refractivity contribution in [1.29, 1.82) is 0 Å². The summed E-state index contributed by atoms with van der Waals surface area (Å²) in [4.78, 5) is 45.3. The van der Waals surface area contributed by atoms with Gasteiger partial charge in [-0.3, -0.25) is 9.80 Å². The Labute approximate surface area is 429 Å². The molecule has 29 heteroatoms. The zero-order valence-corrected chi connectivity index (χ0v) is 41.2. The Morgan fingerprint density at radius 1 is 0.534 bits per heavy atom. The minimum Gasteiger partial charge on any atom is -0.444 e. The molecule has 0 aliphatic carbocycles. The molecule has 416 valence electrons. The summed E-state index contributed by atoms with van der Waals surface area (Å²) in [5.41, 5.74) is 1.76. The standard InChI is InChI=1S/C20H30ClN3O3.C19H22ClF6N3O3.C4HClF6O2.CH4/c1-20(2,3)27-19(25)24-8-6-22(7-9-24)15-16-4-5-17(21)14-18(16)23-10-12-26-13-11-23;20-14-2-1-13(15(11-14)28-7-9-31-10-8-28)12-27-3-5-29(6-4-27)17(30)32-16(18(21,22)23)19(24,25)26;5-2(12)13-1(3(6,7)8)4(9,10)11;/h4-5,14H,6-13,15H2,1-3H3;1-2,11,16H,3-10,12H2;1H;1H4. The molecule has 4 aliphatic heterocycles. The number of hydrogen-bond donors (Lipinski definition) is 0. The Balaban J connectivity index is 0.000000311. The van der Waals surface area contributed by atoms with Crippen LogP contribution in [-0.4, -0.2) is 185 Å². The number of carbonyl (C=O) groups is 3. The number of piperazine rings is 2. The highest BCUT2D eigenvalue weighted by molar-refractivity contribution is 6.61. The van der Waals surface area contributed by atoms with Crippen molar-refractivity contribution in [3.8, 4) is 0 Å². The van der Waals surface area contributed by atoms with Gasteiger partial charge in [-0.1, -0.05) is 42.8 Å². The van der Waals surface area contributed by atoms with Crippen LogP contribution in [0.1, 0.15) is 39.3 Å². The predicted octanol–water partition coefficient (Wildman–Crippen LogP) is 10.6. The van der Waals surface area contributed by atoms with E-state index in [4.69, 9.17) is 37.4 Å². The van der Waals surface area contributed by atoms with Crippen LogP contribution in [0.2, 0.25) is 10.0 Å². The van der Waals surface area contributed by atoms with Gasteiger partial charge < -0.3 is 43.3 Å². The van der Waals surface area contributed by atoms with Crippen LogP contribution in [0.4, 0.5) is 78.4 Å². The molecule has 4 saturated heterocycles. The molecule has 0 spiro atoms. The van der Waals surface area contributed by atoms with Crippen LogP contribution in [0.25, 0.3) is 0 Å². The van der Waals surface area contributed by atoms with Crippen molar-refractivity contribution in [3.05, 3.63) is 57.6 Å². The quantitative estimate of drug-likeness (QED) is 0.142. The molecule has 0 saturated carbocycles. The highest BCUT2D eigenvalue weighted by Crippen LogP contribution is 2.38. The molecule has 0 atom stereocenters. The molecule has 0 radical (unpaired) electrons. The average molecular weight is 1130 g/mol. The molecular formula is C44H57Cl3F12N6O8. The zero-order valence-electron chi connectivity index (χ0n) is 39.0. The van der Waals surface area contributed by atoms with E-state index in [0.717, 1.165) is 67.1 Å². The van der Waals surface area contributed by atoms with Gasteiger partial charge in [-0.2, -0.15) is 52.7 Å². The van der Waals surface area contributed by atoms with Gasteiger partial charge in [0, 0.05) is 125 Å². The molecule has 2 aromatic rings. The largest absolute Gasteiger partial charge is 0.444 e. The number of benzene rings is 2. The minimum atomic E-state index is -5.74. The van der Waals surface area contributed by atoms with Gasteiger partial charge in [-0.05, 0) is 56.2 Å². The Kier molecular flexibility index (Phi) is 23.5. The number of alkyl halides is 12. The lowest BCUT2D eigenvalue weighted by Gasteiger charge is -2.37. The molecule has 0 aromatic heterocycles. The van der Waals surface area contributed by atoms with Crippen LogP contribution in [0.5, 0.6) is 0 Å². The monoisotopic (exact) mass is 1130 g/mol. The summed E-state index contributed by atoms with van der Waals surface area (Å²) in [6.07, 6.45) is -33.1. The van der Waals surface area contributed by atoms with Gasteiger partial charge in [-0.25, -0.2) is 14.4 Å². The van der Waals surface area contributed by atoms with E-state index in [2.05, 4.69) is 47.9 Å². The summed E-state index contributed by atoms with van der Waals surface area (Å²) < 4.78 is 168. The fourth-order valence-corrected chi connectivity index (χ4v) is 7.85. The van der Waals surface area contributed by atoms with E-state index >= 15 is 0 Å². The first-order valence-corrected chi connectivity index (χ1v) is 23.2. The van der Waals surface area contributed by atoms with Crippen molar-refractivity contribution in [2.24, 2.45) is 0 Å². The second kappa shape index (κ2) is 27.1. The zero-order chi connectivity index (χ0) is 53.8. The molecule has 73 heavy (non-hydrogen) atoms. The summed E-state index contributed by atoms with van der Waals surface area (Å²) in [5, 5.41) is 1.33. The Hall–Kier alpha value is -4.08. The van der Waals surface area contributed by atoms with Crippen molar-refractivity contribution in [2.45, 2.75) is 83.8 Å². The molecule has 0 N–H and O–H groups in total. The summed E-state index contributed by atoms with van der Waals surface area (Å²) in [5.74, 6) is 0. The maximum atomic E-state index is 12.6. The topological polar surface area (TPSA) is 117 Å². The van der Waals surface area contributed by atoms with E-state index in [1.54, 1.807) is 11.0 Å². The molecule has 14 nitrogen and oxygen atoms in total. The molecule has 4 heterocycles. The van der Waals surface area contributed by atoms with Crippen molar-refractivity contribution in [2.75, 3.05) is 115 Å². The summed E-state index contributed by atoms with van der Waals surface area (Å²) >= 11 is 16.6. The number of morpholine rings is 2. The van der Waals surface area contributed by atoms with Crippen LogP contribution >= 0.6 is 34.8 Å². The third-order valence-corrected chi connectivity index (χ3v) is 11.4. The Morgan fingerprint density at radius 2 is 0.863 bits per heavy atom. The minimum absolute atomic E-state index is 0. The van der Waals surface area contributed by atoms with Crippen LogP contribution in [-0.2, 0) is 36.8 Å². The van der Waals surface area contributed by atoms with Crippen LogP contribution < -0.4 is 9.80 Å². The number of nitrogens with zero attached hydrogens (tertiary/aromatic N) is 6. The molecule has 2 aromatic carbocycles. The molecule has 4 fully saturated rings. The van der Waals surface area contributed by atoms with E-state index in [0.29, 0.717) is 51.0 Å². The first-order chi connectivity index (χ1) is 33.3. The average Bonchev–Trinajstić information content (AvgIpc) is 3.28. The SMILES string of the molecule is C.CC(C)(C)OC(=O)N1CCN(Cc2ccc(Cl)cc2N2CCOCC2)CC1.O=C(Cl)OC(C(F)(F)F)C(F)(F)F.O=C(OC(C(F)(F)F)C(F)(F)F)N1CCN(Cc2ccc(Cl)cc2N2CCOCC2)CC1. The number of ether oxygens (including phenoxy) is 5. The lowest BCUT2D eigenvalue weighted by Crippen LogP contribution is -2.52. The second-order valence-electron chi connectivity index (χ2n) is 17.4. The van der Waals surface area contributed by atoms with E-state index in [1.807, 2.05) is 43.9 Å². The van der Waals surface area contributed by atoms with Gasteiger partial charge in [0.2, 0.25) is 0 Å². The maximum Gasteiger partial charge on any atom is 0.434 e. The van der Waals surface area contributed by atoms with Crippen LogP contribution in [0, 0.1) is 0 Å². The third kappa shape index (κ3) is 20.9. The van der Waals surface area contributed by atoms with Crippen LogP contribution in [0.15, 0.2) is 36.4 Å². The fourth-order valence-electron chi connectivity index (χ4n) is 7.43. The highest BCUT2D eigenvalue weighted by Gasteiger charge is 2.61. The maximum absolute atomic E-state index is 12.6. The highest BCUT2D eigenvalue weighted by atomic mass is 35.5. The molecule has 0 bridgehead atoms. The van der Waals surface area contributed by atoms with Crippen molar-refractivity contribution >= 4 is 63.8 Å². The number of rotatable bonds is 8.